The first-order valence-corrected chi connectivity index (χ1v) is 7.58. The highest BCUT2D eigenvalue weighted by molar-refractivity contribution is 5.77. The highest BCUT2D eigenvalue weighted by Crippen LogP contribution is 2.31. The fraction of sp³-hybridized carbons (Fsp3) is 0.200. The Labute approximate surface area is 134 Å². The van der Waals surface area contributed by atoms with E-state index < -0.39 is 0 Å². The lowest BCUT2D eigenvalue weighted by Gasteiger charge is -2.14. The van der Waals surface area contributed by atoms with Crippen LogP contribution in [0.2, 0.25) is 0 Å². The molecule has 0 aromatic heterocycles. The molecular weight excluding hydrogens is 270 g/mol. The van der Waals surface area contributed by atoms with E-state index in [1.807, 2.05) is 44.2 Å². The average molecular weight is 295 g/mol. The van der Waals surface area contributed by atoms with Crippen molar-refractivity contribution in [1.82, 2.24) is 0 Å². The maximum atomic E-state index is 5.64. The second-order valence-electron chi connectivity index (χ2n) is 4.62. The van der Waals surface area contributed by atoms with E-state index in [0.717, 1.165) is 23.3 Å². The predicted octanol–water partition coefficient (Wildman–Crippen LogP) is 5.07. The summed E-state index contributed by atoms with van der Waals surface area (Å²) < 4.78 is 5.64. The topological polar surface area (TPSA) is 35.2 Å². The van der Waals surface area contributed by atoms with E-state index in [1.54, 1.807) is 6.26 Å². The zero-order valence-corrected chi connectivity index (χ0v) is 13.7. The summed E-state index contributed by atoms with van der Waals surface area (Å²) in [6.07, 6.45) is 15.7. The van der Waals surface area contributed by atoms with Crippen LogP contribution in [0.15, 0.2) is 67.6 Å². The molecule has 0 bridgehead atoms. The molecule has 0 amide bonds. The smallest absolute Gasteiger partial charge is 0.134 e. The summed E-state index contributed by atoms with van der Waals surface area (Å²) in [6.45, 7) is 10.2. The summed E-state index contributed by atoms with van der Waals surface area (Å²) in [4.78, 5) is 0. The number of allylic oxidation sites excluding steroid dienone is 7. The van der Waals surface area contributed by atoms with Crippen LogP contribution in [-0.4, -0.2) is 0 Å². The lowest BCUT2D eigenvalue weighted by Crippen LogP contribution is -1.96. The van der Waals surface area contributed by atoms with Crippen LogP contribution in [0.3, 0.4) is 0 Å². The molecule has 2 N–H and O–H groups in total. The minimum Gasteiger partial charge on any atom is -0.464 e. The zero-order chi connectivity index (χ0) is 16.4. The van der Waals surface area contributed by atoms with Gasteiger partial charge in [0.1, 0.15) is 5.75 Å². The third-order valence-corrected chi connectivity index (χ3v) is 3.16. The van der Waals surface area contributed by atoms with Gasteiger partial charge in [-0.1, -0.05) is 44.7 Å². The van der Waals surface area contributed by atoms with Crippen molar-refractivity contribution in [3.05, 3.63) is 84.3 Å². The number of rotatable bonds is 3. The molecule has 1 heterocycles. The fourth-order valence-electron chi connectivity index (χ4n) is 2.05. The Morgan fingerprint density at radius 2 is 1.95 bits per heavy atom. The first kappa shape index (κ1) is 17.6. The van der Waals surface area contributed by atoms with Crippen LogP contribution in [0.1, 0.15) is 30.5 Å². The number of aryl methyl sites for hydroxylation is 1. The van der Waals surface area contributed by atoms with Crippen molar-refractivity contribution in [2.45, 2.75) is 27.2 Å². The first-order chi connectivity index (χ1) is 10.7. The third kappa shape index (κ3) is 4.81. The van der Waals surface area contributed by atoms with Gasteiger partial charge in [-0.15, -0.1) is 0 Å². The van der Waals surface area contributed by atoms with E-state index in [2.05, 4.69) is 31.7 Å². The van der Waals surface area contributed by atoms with Crippen molar-refractivity contribution in [3.8, 4) is 5.75 Å². The molecule has 0 aliphatic carbocycles. The van der Waals surface area contributed by atoms with Crippen LogP contribution in [0, 0.1) is 6.92 Å². The van der Waals surface area contributed by atoms with Crippen molar-refractivity contribution in [1.29, 1.82) is 0 Å². The van der Waals surface area contributed by atoms with E-state index in [-0.39, 0.29) is 0 Å². The Bertz CT molecular complexity index is 619. The van der Waals surface area contributed by atoms with Crippen LogP contribution in [0.5, 0.6) is 5.75 Å². The lowest BCUT2D eigenvalue weighted by molar-refractivity contribution is 0.479. The van der Waals surface area contributed by atoms with Gasteiger partial charge in [0.15, 0.2) is 0 Å². The molecule has 0 fully saturated rings. The SMILES string of the molecule is C=C1/C=C\C=C/Oc2cc(C)c(C/C=C\C=C/N)cc21.CC. The summed E-state index contributed by atoms with van der Waals surface area (Å²) in [5.74, 6) is 0.850. The molecule has 2 nitrogen and oxygen atoms in total. The lowest BCUT2D eigenvalue weighted by atomic mass is 9.97. The second kappa shape index (κ2) is 9.46. The quantitative estimate of drug-likeness (QED) is 0.790. The second-order valence-corrected chi connectivity index (χ2v) is 4.62. The largest absolute Gasteiger partial charge is 0.464 e. The van der Waals surface area contributed by atoms with Crippen molar-refractivity contribution in [2.75, 3.05) is 0 Å². The minimum absolute atomic E-state index is 0.850. The molecule has 1 aliphatic rings. The van der Waals surface area contributed by atoms with E-state index >= 15 is 0 Å². The molecule has 1 aliphatic heterocycles. The molecule has 0 unspecified atom stereocenters. The van der Waals surface area contributed by atoms with E-state index in [0.29, 0.717) is 0 Å². The van der Waals surface area contributed by atoms with Crippen LogP contribution >= 0.6 is 0 Å². The van der Waals surface area contributed by atoms with Crippen molar-refractivity contribution < 1.29 is 4.74 Å². The molecule has 2 heteroatoms. The first-order valence-electron chi connectivity index (χ1n) is 7.58. The highest BCUT2D eigenvalue weighted by Gasteiger charge is 2.10. The molecule has 0 saturated heterocycles. The molecule has 116 valence electrons. The third-order valence-electron chi connectivity index (χ3n) is 3.16. The number of ether oxygens (including phenoxy) is 1. The van der Waals surface area contributed by atoms with Gasteiger partial charge in [0, 0.05) is 5.56 Å². The van der Waals surface area contributed by atoms with Gasteiger partial charge in [-0.2, -0.15) is 0 Å². The van der Waals surface area contributed by atoms with Gasteiger partial charge < -0.3 is 10.5 Å². The summed E-state index contributed by atoms with van der Waals surface area (Å²) in [5, 5.41) is 0. The molecule has 22 heavy (non-hydrogen) atoms. The van der Waals surface area contributed by atoms with Crippen molar-refractivity contribution in [2.24, 2.45) is 5.73 Å². The van der Waals surface area contributed by atoms with Gasteiger partial charge in [-0.3, -0.25) is 0 Å². The van der Waals surface area contributed by atoms with E-state index in [1.165, 1.54) is 17.3 Å². The Morgan fingerprint density at radius 1 is 1.18 bits per heavy atom. The molecule has 1 aromatic rings. The van der Waals surface area contributed by atoms with Gasteiger partial charge in [-0.05, 0) is 60.5 Å². The van der Waals surface area contributed by atoms with Crippen LogP contribution in [0.4, 0.5) is 0 Å². The van der Waals surface area contributed by atoms with Crippen molar-refractivity contribution >= 4 is 5.57 Å². The number of hydrogen-bond acceptors (Lipinski definition) is 2. The predicted molar refractivity (Wildman–Crippen MR) is 96.6 cm³/mol. The van der Waals surface area contributed by atoms with Gasteiger partial charge in [-0.25, -0.2) is 0 Å². The van der Waals surface area contributed by atoms with Gasteiger partial charge >= 0.3 is 0 Å². The van der Waals surface area contributed by atoms with Crippen LogP contribution in [-0.2, 0) is 6.42 Å². The summed E-state index contributed by atoms with van der Waals surface area (Å²) in [6, 6.07) is 4.21. The monoisotopic (exact) mass is 295 g/mol. The zero-order valence-electron chi connectivity index (χ0n) is 13.7. The fourth-order valence-corrected chi connectivity index (χ4v) is 2.05. The molecule has 0 saturated carbocycles. The summed E-state index contributed by atoms with van der Waals surface area (Å²) >= 11 is 0. The van der Waals surface area contributed by atoms with Crippen molar-refractivity contribution in [3.63, 3.8) is 0 Å². The summed E-state index contributed by atoms with van der Waals surface area (Å²) in [7, 11) is 0. The number of nitrogens with two attached hydrogens (primary N) is 1. The van der Waals surface area contributed by atoms with Gasteiger partial charge in [0.2, 0.25) is 0 Å². The molecule has 0 spiro atoms. The Balaban J connectivity index is 0.00000116. The minimum atomic E-state index is 0.850. The maximum Gasteiger partial charge on any atom is 0.134 e. The molecular formula is C20H25NO. The van der Waals surface area contributed by atoms with Crippen LogP contribution in [0.25, 0.3) is 5.57 Å². The number of hydrogen-bond donors (Lipinski definition) is 1. The number of fused-ring (bicyclic) bond motifs is 1. The van der Waals surface area contributed by atoms with E-state index in [4.69, 9.17) is 10.5 Å². The summed E-state index contributed by atoms with van der Waals surface area (Å²) in [5.41, 5.74) is 9.76. The maximum absolute atomic E-state index is 5.64. The molecule has 0 atom stereocenters. The average Bonchev–Trinajstić information content (AvgIpc) is 2.53. The number of benzene rings is 1. The standard InChI is InChI=1S/C18H19NO.C2H6/c1-14-8-5-7-11-20-18-12-15(2)16(13-17(14)18)9-4-3-6-10-19;1-2/h3-8,10-13H,1,9,19H2,2H3;1-2H3/b4-3-,8-5-,10-6-,11-7-;. The van der Waals surface area contributed by atoms with Gasteiger partial charge in [0.25, 0.3) is 0 Å². The Morgan fingerprint density at radius 3 is 2.68 bits per heavy atom. The van der Waals surface area contributed by atoms with Gasteiger partial charge in [0.05, 0.1) is 6.26 Å². The highest BCUT2D eigenvalue weighted by atomic mass is 16.5. The molecule has 1 aromatic carbocycles. The normalized spacial score (nSPS) is 16.2. The Hall–Kier alpha value is -2.48. The van der Waals surface area contributed by atoms with Crippen LogP contribution < -0.4 is 10.5 Å². The molecule has 0 radical (unpaired) electrons. The Kier molecular flexibility index (Phi) is 7.55. The molecule has 2 rings (SSSR count). The van der Waals surface area contributed by atoms with E-state index in [9.17, 15) is 0 Å².